The van der Waals surface area contributed by atoms with Crippen LogP contribution in [0.25, 0.3) is 16.4 Å². The maximum atomic E-state index is 11.5. The molecule has 0 saturated carbocycles. The van der Waals surface area contributed by atoms with Crippen LogP contribution in [0, 0.1) is 0 Å². The highest BCUT2D eigenvalue weighted by Crippen LogP contribution is 2.27. The molecule has 0 fully saturated rings. The first-order chi connectivity index (χ1) is 11.7. The van der Waals surface area contributed by atoms with E-state index < -0.39 is 0 Å². The third-order valence-corrected chi connectivity index (χ3v) is 4.05. The maximum absolute atomic E-state index is 11.5. The summed E-state index contributed by atoms with van der Waals surface area (Å²) in [6.07, 6.45) is 0. The van der Waals surface area contributed by atoms with Gasteiger partial charge in [-0.05, 0) is 35.7 Å². The summed E-state index contributed by atoms with van der Waals surface area (Å²) in [6, 6.07) is 11.5. The summed E-state index contributed by atoms with van der Waals surface area (Å²) in [6.45, 7) is 0.0184. The summed E-state index contributed by atoms with van der Waals surface area (Å²) >= 11 is 1.58. The van der Waals surface area contributed by atoms with Crippen LogP contribution in [0.1, 0.15) is 0 Å². The van der Waals surface area contributed by atoms with Crippen LogP contribution >= 0.6 is 11.3 Å². The number of nitrogens with zero attached hydrogens (tertiary/aromatic N) is 3. The average Bonchev–Trinajstić information content (AvgIpc) is 3.25. The highest BCUT2D eigenvalue weighted by Gasteiger charge is 2.15. The lowest BCUT2D eigenvalue weighted by Gasteiger charge is -2.07. The molecule has 1 N–H and O–H groups in total. The molecule has 2 heterocycles. The van der Waals surface area contributed by atoms with Crippen LogP contribution in [0.5, 0.6) is 6.01 Å². The van der Waals surface area contributed by atoms with Gasteiger partial charge in [-0.25, -0.2) is 4.68 Å². The zero-order valence-electron chi connectivity index (χ0n) is 13.2. The maximum Gasteiger partial charge on any atom is 0.336 e. The molecular formula is C16H16N4O3S. The van der Waals surface area contributed by atoms with Gasteiger partial charge in [0.2, 0.25) is 5.91 Å². The van der Waals surface area contributed by atoms with Gasteiger partial charge in [-0.15, -0.1) is 16.4 Å². The number of hydrogen-bond acceptors (Lipinski definition) is 6. The number of ether oxygens (including phenoxy) is 2. The number of thiophene rings is 1. The van der Waals surface area contributed by atoms with E-state index in [4.69, 9.17) is 9.47 Å². The molecule has 0 bridgehead atoms. The Hall–Kier alpha value is -2.71. The fourth-order valence-corrected chi connectivity index (χ4v) is 2.84. The number of benzene rings is 1. The average molecular weight is 344 g/mol. The predicted molar refractivity (Wildman–Crippen MR) is 91.7 cm³/mol. The van der Waals surface area contributed by atoms with Gasteiger partial charge < -0.3 is 14.8 Å². The van der Waals surface area contributed by atoms with Crippen molar-refractivity contribution in [2.75, 3.05) is 26.1 Å². The van der Waals surface area contributed by atoms with E-state index in [2.05, 4.69) is 15.4 Å². The minimum absolute atomic E-state index is 0.0184. The van der Waals surface area contributed by atoms with Gasteiger partial charge in [-0.1, -0.05) is 6.07 Å². The molecule has 0 saturated heterocycles. The van der Waals surface area contributed by atoms with Crippen molar-refractivity contribution in [3.05, 3.63) is 41.8 Å². The highest BCUT2D eigenvalue weighted by atomic mass is 32.1. The topological polar surface area (TPSA) is 78.3 Å². The smallest absolute Gasteiger partial charge is 0.336 e. The number of amides is 1. The molecule has 0 aliphatic carbocycles. The lowest BCUT2D eigenvalue weighted by Crippen LogP contribution is -2.17. The number of anilines is 1. The fraction of sp³-hybridized carbons (Fsp3) is 0.188. The number of methoxy groups -OCH3 is 2. The van der Waals surface area contributed by atoms with E-state index in [1.54, 1.807) is 28.2 Å². The molecule has 124 valence electrons. The molecule has 8 heteroatoms. The standard InChI is InChI=1S/C16H16N4O3S/c1-22-10-14(21)17-11-5-7-12(8-6-11)20-15(13-4-3-9-24-13)18-16(19-20)23-2/h3-9H,10H2,1-2H3,(H,17,21). The van der Waals surface area contributed by atoms with Crippen LogP contribution < -0.4 is 10.1 Å². The first-order valence-corrected chi connectivity index (χ1v) is 8.03. The highest BCUT2D eigenvalue weighted by molar-refractivity contribution is 7.13. The SMILES string of the molecule is COCC(=O)Nc1ccc(-n2nc(OC)nc2-c2cccs2)cc1. The van der Waals surface area contributed by atoms with Crippen molar-refractivity contribution in [3.63, 3.8) is 0 Å². The molecule has 0 unspecified atom stereocenters. The van der Waals surface area contributed by atoms with Gasteiger partial charge in [0, 0.05) is 12.8 Å². The molecule has 2 aromatic heterocycles. The summed E-state index contributed by atoms with van der Waals surface area (Å²) in [7, 11) is 3.01. The third-order valence-electron chi connectivity index (χ3n) is 3.18. The molecular weight excluding hydrogens is 328 g/mol. The fourth-order valence-electron chi connectivity index (χ4n) is 2.14. The van der Waals surface area contributed by atoms with E-state index >= 15 is 0 Å². The molecule has 3 aromatic rings. The van der Waals surface area contributed by atoms with Crippen molar-refractivity contribution in [1.82, 2.24) is 14.8 Å². The van der Waals surface area contributed by atoms with Crippen molar-refractivity contribution in [1.29, 1.82) is 0 Å². The first kappa shape index (κ1) is 16.2. The summed E-state index contributed by atoms with van der Waals surface area (Å²) in [5.74, 6) is 0.505. The second-order valence-corrected chi connectivity index (χ2v) is 5.79. The van der Waals surface area contributed by atoms with E-state index in [1.165, 1.54) is 14.2 Å². The van der Waals surface area contributed by atoms with E-state index in [0.717, 1.165) is 10.6 Å². The summed E-state index contributed by atoms with van der Waals surface area (Å²) in [5.41, 5.74) is 1.50. The van der Waals surface area contributed by atoms with Crippen LogP contribution in [-0.4, -0.2) is 41.5 Å². The van der Waals surface area contributed by atoms with Crippen LogP contribution in [0.2, 0.25) is 0 Å². The molecule has 0 aliphatic rings. The van der Waals surface area contributed by atoms with Gasteiger partial charge in [0.05, 0.1) is 17.7 Å². The monoisotopic (exact) mass is 344 g/mol. The Labute approximate surface area is 142 Å². The molecule has 1 amide bonds. The van der Waals surface area contributed by atoms with E-state index in [-0.39, 0.29) is 12.5 Å². The van der Waals surface area contributed by atoms with Gasteiger partial charge in [0.25, 0.3) is 0 Å². The van der Waals surface area contributed by atoms with Crippen LogP contribution in [0.3, 0.4) is 0 Å². The summed E-state index contributed by atoms with van der Waals surface area (Å²) < 4.78 is 11.7. The molecule has 1 aromatic carbocycles. The number of carbonyl (C=O) groups is 1. The van der Waals surface area contributed by atoms with Crippen LogP contribution in [0.15, 0.2) is 41.8 Å². The zero-order chi connectivity index (χ0) is 16.9. The Morgan fingerprint density at radius 3 is 2.67 bits per heavy atom. The summed E-state index contributed by atoms with van der Waals surface area (Å²) in [4.78, 5) is 16.9. The Kier molecular flexibility index (Phi) is 4.88. The van der Waals surface area contributed by atoms with Crippen molar-refractivity contribution in [2.45, 2.75) is 0 Å². The number of nitrogens with one attached hydrogen (secondary N) is 1. The molecule has 24 heavy (non-hydrogen) atoms. The first-order valence-electron chi connectivity index (χ1n) is 7.15. The van der Waals surface area contributed by atoms with Crippen molar-refractivity contribution in [3.8, 4) is 22.4 Å². The largest absolute Gasteiger partial charge is 0.466 e. The molecule has 0 aliphatic heterocycles. The zero-order valence-corrected chi connectivity index (χ0v) is 14.0. The lowest BCUT2D eigenvalue weighted by atomic mass is 10.2. The Bertz CT molecular complexity index is 812. The van der Waals surface area contributed by atoms with Gasteiger partial charge >= 0.3 is 6.01 Å². The molecule has 0 spiro atoms. The van der Waals surface area contributed by atoms with Crippen LogP contribution in [-0.2, 0) is 9.53 Å². The van der Waals surface area contributed by atoms with Crippen molar-refractivity contribution >= 4 is 22.9 Å². The lowest BCUT2D eigenvalue weighted by molar-refractivity contribution is -0.119. The van der Waals surface area contributed by atoms with E-state index in [9.17, 15) is 4.79 Å². The number of hydrogen-bond donors (Lipinski definition) is 1. The van der Waals surface area contributed by atoms with Gasteiger partial charge in [-0.2, -0.15) is 4.98 Å². The number of carbonyl (C=O) groups excluding carboxylic acids is 1. The third kappa shape index (κ3) is 3.44. The second kappa shape index (κ2) is 7.24. The van der Waals surface area contributed by atoms with Crippen LogP contribution in [0.4, 0.5) is 5.69 Å². The Morgan fingerprint density at radius 2 is 2.04 bits per heavy atom. The minimum Gasteiger partial charge on any atom is -0.466 e. The van der Waals surface area contributed by atoms with Crippen molar-refractivity contribution in [2.24, 2.45) is 0 Å². The number of rotatable bonds is 6. The van der Waals surface area contributed by atoms with Gasteiger partial charge in [0.1, 0.15) is 6.61 Å². The second-order valence-electron chi connectivity index (χ2n) is 4.84. The van der Waals surface area contributed by atoms with Crippen molar-refractivity contribution < 1.29 is 14.3 Å². The summed E-state index contributed by atoms with van der Waals surface area (Å²) in [5, 5.41) is 9.09. The quantitative estimate of drug-likeness (QED) is 0.744. The molecule has 0 radical (unpaired) electrons. The number of aromatic nitrogens is 3. The van der Waals surface area contributed by atoms with E-state index in [1.807, 2.05) is 29.6 Å². The van der Waals surface area contributed by atoms with Gasteiger partial charge in [0.15, 0.2) is 5.82 Å². The molecule has 3 rings (SSSR count). The minimum atomic E-state index is -0.202. The van der Waals surface area contributed by atoms with E-state index in [0.29, 0.717) is 17.5 Å². The molecule has 0 atom stereocenters. The molecule has 7 nitrogen and oxygen atoms in total. The predicted octanol–water partition coefficient (Wildman–Crippen LogP) is 2.59. The van der Waals surface area contributed by atoms with Gasteiger partial charge in [-0.3, -0.25) is 4.79 Å². The Balaban J connectivity index is 1.89. The normalized spacial score (nSPS) is 10.6. The Morgan fingerprint density at radius 1 is 1.25 bits per heavy atom.